The van der Waals surface area contributed by atoms with Crippen LogP contribution >= 0.6 is 0 Å². The predicted octanol–water partition coefficient (Wildman–Crippen LogP) is 5.06. The van der Waals surface area contributed by atoms with Crippen LogP contribution in [0, 0.1) is 22.7 Å². The van der Waals surface area contributed by atoms with Gasteiger partial charge in [0.2, 0.25) is 0 Å². The summed E-state index contributed by atoms with van der Waals surface area (Å²) < 4.78 is 0. The summed E-state index contributed by atoms with van der Waals surface area (Å²) >= 11 is 0. The average molecular weight is 320 g/mol. The lowest BCUT2D eigenvalue weighted by atomic mass is 9.80. The topological polar surface area (TPSA) is 20.3 Å². The minimum atomic E-state index is -0.227. The molecule has 3 fully saturated rings. The Balaban J connectivity index is 1.77. The molecule has 3 aliphatic rings. The van der Waals surface area contributed by atoms with E-state index in [4.69, 9.17) is 0 Å². The smallest absolute Gasteiger partial charge is 0.155 e. The van der Waals surface area contributed by atoms with Crippen molar-refractivity contribution < 1.29 is 4.79 Å². The Morgan fingerprint density at radius 2 is 1.57 bits per heavy atom. The van der Waals surface area contributed by atoms with Crippen molar-refractivity contribution in [3.05, 3.63) is 0 Å². The highest BCUT2D eigenvalue weighted by Gasteiger charge is 2.64. The predicted molar refractivity (Wildman–Crippen MR) is 96.4 cm³/mol. The summed E-state index contributed by atoms with van der Waals surface area (Å²) in [5, 5.41) is 0. The molecule has 2 nitrogen and oxygen atoms in total. The average Bonchev–Trinajstić information content (AvgIpc) is 2.99. The first-order chi connectivity index (χ1) is 10.5. The second kappa shape index (κ2) is 5.58. The largest absolute Gasteiger partial charge is 0.297 e. The summed E-state index contributed by atoms with van der Waals surface area (Å²) in [7, 11) is 0. The SMILES string of the molecule is CC(C)(C)C(=O)[C@@H]1C[C@]2(CC2C2CCCCC2)CN1C(C)(C)C. The van der Waals surface area contributed by atoms with Crippen LogP contribution in [-0.4, -0.2) is 28.8 Å². The molecule has 2 saturated carbocycles. The molecule has 1 heterocycles. The Labute approximate surface area is 143 Å². The fourth-order valence-electron chi connectivity index (χ4n) is 5.45. The van der Waals surface area contributed by atoms with E-state index in [9.17, 15) is 4.79 Å². The fraction of sp³-hybridized carbons (Fsp3) is 0.952. The summed E-state index contributed by atoms with van der Waals surface area (Å²) in [6.45, 7) is 14.3. The molecule has 3 rings (SSSR count). The lowest BCUT2D eigenvalue weighted by Gasteiger charge is -2.38. The molecule has 0 amide bonds. The zero-order valence-corrected chi connectivity index (χ0v) is 16.2. The molecule has 1 unspecified atom stereocenters. The van der Waals surface area contributed by atoms with Crippen LogP contribution in [0.2, 0.25) is 0 Å². The van der Waals surface area contributed by atoms with E-state index in [-0.39, 0.29) is 17.0 Å². The van der Waals surface area contributed by atoms with E-state index in [1.54, 1.807) is 0 Å². The molecule has 0 aromatic carbocycles. The molecule has 1 spiro atoms. The van der Waals surface area contributed by atoms with Crippen LogP contribution in [-0.2, 0) is 4.79 Å². The third-order valence-corrected chi connectivity index (χ3v) is 6.84. The maximum absolute atomic E-state index is 13.1. The number of hydrogen-bond donors (Lipinski definition) is 0. The van der Waals surface area contributed by atoms with Gasteiger partial charge in [-0.25, -0.2) is 0 Å². The van der Waals surface area contributed by atoms with Crippen molar-refractivity contribution in [2.45, 2.75) is 98.1 Å². The van der Waals surface area contributed by atoms with Gasteiger partial charge >= 0.3 is 0 Å². The third kappa shape index (κ3) is 3.25. The van der Waals surface area contributed by atoms with Gasteiger partial charge in [0.25, 0.3) is 0 Å². The number of carbonyl (C=O) groups is 1. The minimum Gasteiger partial charge on any atom is -0.297 e. The molecule has 2 heteroatoms. The first-order valence-corrected chi connectivity index (χ1v) is 9.86. The van der Waals surface area contributed by atoms with Crippen LogP contribution in [0.25, 0.3) is 0 Å². The molecule has 132 valence electrons. The number of ketones is 1. The minimum absolute atomic E-state index is 0.0920. The van der Waals surface area contributed by atoms with Crippen LogP contribution < -0.4 is 0 Å². The van der Waals surface area contributed by atoms with Gasteiger partial charge in [-0.3, -0.25) is 9.69 Å². The number of likely N-dealkylation sites (tertiary alicyclic amines) is 1. The second-order valence-corrected chi connectivity index (χ2v) is 10.7. The molecule has 0 bridgehead atoms. The molecular weight excluding hydrogens is 282 g/mol. The van der Waals surface area contributed by atoms with E-state index in [1.807, 2.05) is 0 Å². The lowest BCUT2D eigenvalue weighted by Crippen LogP contribution is -2.50. The Kier molecular flexibility index (Phi) is 4.23. The number of Topliss-reactive ketones (excluding diaryl/α,β-unsaturated/α-hetero) is 1. The van der Waals surface area contributed by atoms with Crippen molar-refractivity contribution in [1.29, 1.82) is 0 Å². The van der Waals surface area contributed by atoms with Gasteiger partial charge in [0, 0.05) is 17.5 Å². The molecule has 0 aromatic rings. The first-order valence-electron chi connectivity index (χ1n) is 9.86. The van der Waals surface area contributed by atoms with Gasteiger partial charge in [0.1, 0.15) is 0 Å². The van der Waals surface area contributed by atoms with Crippen LogP contribution in [0.15, 0.2) is 0 Å². The number of carbonyl (C=O) groups excluding carboxylic acids is 1. The highest BCUT2D eigenvalue weighted by Crippen LogP contribution is 2.66. The second-order valence-electron chi connectivity index (χ2n) is 10.7. The molecule has 2 aliphatic carbocycles. The zero-order chi connectivity index (χ0) is 17.0. The van der Waals surface area contributed by atoms with E-state index < -0.39 is 0 Å². The van der Waals surface area contributed by atoms with Crippen molar-refractivity contribution >= 4 is 5.78 Å². The van der Waals surface area contributed by atoms with Crippen LogP contribution in [0.1, 0.15) is 86.5 Å². The van der Waals surface area contributed by atoms with Crippen LogP contribution in [0.4, 0.5) is 0 Å². The van der Waals surface area contributed by atoms with Crippen molar-refractivity contribution in [1.82, 2.24) is 4.90 Å². The molecule has 1 aliphatic heterocycles. The van der Waals surface area contributed by atoms with Crippen LogP contribution in [0.5, 0.6) is 0 Å². The molecular formula is C21H37NO. The van der Waals surface area contributed by atoms with E-state index in [0.717, 1.165) is 24.8 Å². The van der Waals surface area contributed by atoms with Crippen LogP contribution in [0.3, 0.4) is 0 Å². The van der Waals surface area contributed by atoms with Crippen molar-refractivity contribution in [3.8, 4) is 0 Å². The van der Waals surface area contributed by atoms with Gasteiger partial charge in [-0.15, -0.1) is 0 Å². The number of rotatable bonds is 2. The van der Waals surface area contributed by atoms with Crippen molar-refractivity contribution in [3.63, 3.8) is 0 Å². The summed E-state index contributed by atoms with van der Waals surface area (Å²) in [6, 6.07) is 0.142. The molecule has 3 atom stereocenters. The van der Waals surface area contributed by atoms with E-state index in [1.165, 1.54) is 38.5 Å². The highest BCUT2D eigenvalue weighted by atomic mass is 16.1. The summed E-state index contributed by atoms with van der Waals surface area (Å²) in [6.07, 6.45) is 9.71. The molecule has 0 radical (unpaired) electrons. The quantitative estimate of drug-likeness (QED) is 0.709. The Morgan fingerprint density at radius 1 is 0.957 bits per heavy atom. The van der Waals surface area contributed by atoms with Crippen molar-refractivity contribution in [2.75, 3.05) is 6.54 Å². The first kappa shape index (κ1) is 17.5. The maximum Gasteiger partial charge on any atom is 0.155 e. The fourth-order valence-corrected chi connectivity index (χ4v) is 5.45. The Bertz CT molecular complexity index is 463. The standard InChI is InChI=1S/C21H37NO/c1-19(2,3)18(23)17-13-21(14-22(17)20(4,5)6)12-16(21)15-10-8-7-9-11-15/h15-17H,7-14H2,1-6H3/t16?,17-,21+/m0/s1. The summed E-state index contributed by atoms with van der Waals surface area (Å²) in [5.74, 6) is 2.32. The van der Waals surface area contributed by atoms with E-state index >= 15 is 0 Å². The monoisotopic (exact) mass is 319 g/mol. The molecule has 1 saturated heterocycles. The number of nitrogens with zero attached hydrogens (tertiary/aromatic N) is 1. The Morgan fingerprint density at radius 3 is 2.09 bits per heavy atom. The van der Waals surface area contributed by atoms with Gasteiger partial charge < -0.3 is 0 Å². The maximum atomic E-state index is 13.1. The summed E-state index contributed by atoms with van der Waals surface area (Å²) in [4.78, 5) is 15.6. The van der Waals surface area contributed by atoms with Gasteiger partial charge in [-0.05, 0) is 50.9 Å². The number of hydrogen-bond acceptors (Lipinski definition) is 2. The third-order valence-electron chi connectivity index (χ3n) is 6.84. The van der Waals surface area contributed by atoms with Gasteiger partial charge in [0.15, 0.2) is 5.78 Å². The van der Waals surface area contributed by atoms with Gasteiger partial charge in [-0.2, -0.15) is 0 Å². The highest BCUT2D eigenvalue weighted by molar-refractivity contribution is 5.89. The lowest BCUT2D eigenvalue weighted by molar-refractivity contribution is -0.132. The van der Waals surface area contributed by atoms with E-state index in [2.05, 4.69) is 46.4 Å². The van der Waals surface area contributed by atoms with Gasteiger partial charge in [0.05, 0.1) is 6.04 Å². The molecule has 0 aromatic heterocycles. The normalized spacial score (nSPS) is 36.6. The Hall–Kier alpha value is -0.370. The zero-order valence-electron chi connectivity index (χ0n) is 16.2. The molecule has 23 heavy (non-hydrogen) atoms. The van der Waals surface area contributed by atoms with Crippen molar-refractivity contribution in [2.24, 2.45) is 22.7 Å². The van der Waals surface area contributed by atoms with E-state index in [0.29, 0.717) is 11.2 Å². The molecule has 0 N–H and O–H groups in total. The summed E-state index contributed by atoms with van der Waals surface area (Å²) in [5.41, 5.74) is 0.338. The van der Waals surface area contributed by atoms with Gasteiger partial charge in [-0.1, -0.05) is 52.9 Å².